The Morgan fingerprint density at radius 3 is 2.38 bits per heavy atom. The van der Waals surface area contributed by atoms with Gasteiger partial charge in [-0.3, -0.25) is 4.79 Å². The van der Waals surface area contributed by atoms with Crippen LogP contribution in [0, 0.1) is 12.7 Å². The number of urea groups is 1. The molecule has 0 aliphatic heterocycles. The van der Waals surface area contributed by atoms with Crippen LogP contribution in [0.3, 0.4) is 0 Å². The molecule has 32 heavy (non-hydrogen) atoms. The van der Waals surface area contributed by atoms with Gasteiger partial charge in [0.25, 0.3) is 0 Å². The van der Waals surface area contributed by atoms with Gasteiger partial charge in [-0.1, -0.05) is 48.5 Å². The van der Waals surface area contributed by atoms with Gasteiger partial charge in [-0.05, 0) is 36.8 Å². The summed E-state index contributed by atoms with van der Waals surface area (Å²) < 4.78 is 13.9. The molecule has 0 saturated heterocycles. The highest BCUT2D eigenvalue weighted by molar-refractivity contribution is 7.11. The van der Waals surface area contributed by atoms with E-state index in [1.165, 1.54) is 21.9 Å². The molecule has 3 amide bonds. The van der Waals surface area contributed by atoms with Crippen molar-refractivity contribution in [3.63, 3.8) is 0 Å². The standard InChI is InChI=1S/C25H26FN3O2S/c1-3-15-28(25(31)27-23-12-8-7-11-22(23)26)18-24(30)29(16-20-9-5-4-6-10-20)17-21-14-13-19(2)32-21/h3-14H,1,15-18H2,2H3,(H,27,31). The van der Waals surface area contributed by atoms with Crippen LogP contribution in [0.1, 0.15) is 15.3 Å². The van der Waals surface area contributed by atoms with Crippen LogP contribution in [0.2, 0.25) is 0 Å². The Hall–Kier alpha value is -3.45. The highest BCUT2D eigenvalue weighted by atomic mass is 32.1. The number of para-hydroxylation sites is 1. The van der Waals surface area contributed by atoms with E-state index in [0.29, 0.717) is 13.1 Å². The predicted octanol–water partition coefficient (Wildman–Crippen LogP) is 5.44. The zero-order valence-corrected chi connectivity index (χ0v) is 18.8. The van der Waals surface area contributed by atoms with Crippen molar-refractivity contribution in [2.75, 3.05) is 18.4 Å². The number of aryl methyl sites for hydroxylation is 1. The van der Waals surface area contributed by atoms with Crippen LogP contribution in [-0.4, -0.2) is 34.8 Å². The highest BCUT2D eigenvalue weighted by Gasteiger charge is 2.22. The van der Waals surface area contributed by atoms with Crippen molar-refractivity contribution in [1.29, 1.82) is 0 Å². The SMILES string of the molecule is C=CCN(CC(=O)N(Cc1ccccc1)Cc1ccc(C)s1)C(=O)Nc1ccccc1F. The summed E-state index contributed by atoms with van der Waals surface area (Å²) in [5.41, 5.74) is 1.06. The van der Waals surface area contributed by atoms with Crippen molar-refractivity contribution in [2.24, 2.45) is 0 Å². The van der Waals surface area contributed by atoms with E-state index in [1.807, 2.05) is 49.4 Å². The molecule has 3 rings (SSSR count). The van der Waals surface area contributed by atoms with Gasteiger partial charge in [-0.2, -0.15) is 0 Å². The van der Waals surface area contributed by atoms with Gasteiger partial charge in [0.15, 0.2) is 0 Å². The largest absolute Gasteiger partial charge is 0.332 e. The molecule has 7 heteroatoms. The zero-order valence-electron chi connectivity index (χ0n) is 18.0. The molecule has 0 fully saturated rings. The second kappa shape index (κ2) is 11.2. The van der Waals surface area contributed by atoms with Gasteiger partial charge in [0.05, 0.1) is 12.2 Å². The summed E-state index contributed by atoms with van der Waals surface area (Å²) in [4.78, 5) is 31.3. The van der Waals surface area contributed by atoms with E-state index in [4.69, 9.17) is 0 Å². The molecule has 0 radical (unpaired) electrons. The van der Waals surface area contributed by atoms with Crippen LogP contribution >= 0.6 is 11.3 Å². The number of hydrogen-bond acceptors (Lipinski definition) is 3. The molecule has 1 N–H and O–H groups in total. The Morgan fingerprint density at radius 1 is 1.00 bits per heavy atom. The van der Waals surface area contributed by atoms with Crippen molar-refractivity contribution in [3.8, 4) is 0 Å². The molecule has 0 aliphatic carbocycles. The molecular weight excluding hydrogens is 425 g/mol. The molecule has 0 bridgehead atoms. The first-order chi connectivity index (χ1) is 15.5. The molecule has 5 nitrogen and oxygen atoms in total. The van der Waals surface area contributed by atoms with Gasteiger partial charge in [0, 0.05) is 22.8 Å². The molecular formula is C25H26FN3O2S. The smallest absolute Gasteiger partial charge is 0.322 e. The maximum Gasteiger partial charge on any atom is 0.322 e. The maximum absolute atomic E-state index is 13.9. The monoisotopic (exact) mass is 451 g/mol. The Kier molecular flexibility index (Phi) is 8.16. The quantitative estimate of drug-likeness (QED) is 0.440. The third-order valence-corrected chi connectivity index (χ3v) is 5.78. The van der Waals surface area contributed by atoms with Crippen LogP contribution in [0.4, 0.5) is 14.9 Å². The average Bonchev–Trinajstić information content (AvgIpc) is 3.19. The molecule has 0 atom stereocenters. The summed E-state index contributed by atoms with van der Waals surface area (Å²) >= 11 is 1.64. The molecule has 2 aromatic carbocycles. The Balaban J connectivity index is 1.75. The van der Waals surface area contributed by atoms with Crippen molar-refractivity contribution < 1.29 is 14.0 Å². The van der Waals surface area contributed by atoms with E-state index in [1.54, 1.807) is 34.4 Å². The molecule has 0 unspecified atom stereocenters. The van der Waals surface area contributed by atoms with Crippen molar-refractivity contribution >= 4 is 29.0 Å². The number of amides is 3. The van der Waals surface area contributed by atoms with Crippen LogP contribution in [0.25, 0.3) is 0 Å². The lowest BCUT2D eigenvalue weighted by atomic mass is 10.2. The minimum Gasteiger partial charge on any atom is -0.332 e. The number of carbonyl (C=O) groups is 2. The van der Waals surface area contributed by atoms with Gasteiger partial charge >= 0.3 is 6.03 Å². The molecule has 1 aromatic heterocycles. The van der Waals surface area contributed by atoms with Crippen molar-refractivity contribution in [3.05, 3.63) is 101 Å². The van der Waals surface area contributed by atoms with Gasteiger partial charge in [0.1, 0.15) is 12.4 Å². The molecule has 166 valence electrons. The van der Waals surface area contributed by atoms with Crippen LogP contribution < -0.4 is 5.32 Å². The van der Waals surface area contributed by atoms with Crippen LogP contribution in [-0.2, 0) is 17.9 Å². The lowest BCUT2D eigenvalue weighted by molar-refractivity contribution is -0.132. The first kappa shape index (κ1) is 23.2. The number of rotatable bonds is 9. The summed E-state index contributed by atoms with van der Waals surface area (Å²) in [6.45, 7) is 6.58. The molecule has 3 aromatic rings. The topological polar surface area (TPSA) is 52.7 Å². The number of thiophene rings is 1. The number of anilines is 1. The van der Waals surface area contributed by atoms with E-state index in [9.17, 15) is 14.0 Å². The number of halogens is 1. The fraction of sp³-hybridized carbons (Fsp3) is 0.200. The lowest BCUT2D eigenvalue weighted by Crippen LogP contribution is -2.44. The summed E-state index contributed by atoms with van der Waals surface area (Å²) in [7, 11) is 0. The number of nitrogens with zero attached hydrogens (tertiary/aromatic N) is 2. The first-order valence-electron chi connectivity index (χ1n) is 10.2. The normalized spacial score (nSPS) is 10.4. The fourth-order valence-corrected chi connectivity index (χ4v) is 4.10. The Morgan fingerprint density at radius 2 is 1.72 bits per heavy atom. The van der Waals surface area contributed by atoms with E-state index in [-0.39, 0.29) is 24.7 Å². The van der Waals surface area contributed by atoms with Gasteiger partial charge in [0.2, 0.25) is 5.91 Å². The second-order valence-electron chi connectivity index (χ2n) is 7.33. The maximum atomic E-state index is 13.9. The minimum atomic E-state index is -0.560. The molecule has 1 heterocycles. The zero-order chi connectivity index (χ0) is 22.9. The van der Waals surface area contributed by atoms with Crippen molar-refractivity contribution in [2.45, 2.75) is 20.0 Å². The minimum absolute atomic E-state index is 0.0641. The van der Waals surface area contributed by atoms with E-state index in [0.717, 1.165) is 10.4 Å². The van der Waals surface area contributed by atoms with E-state index >= 15 is 0 Å². The second-order valence-corrected chi connectivity index (χ2v) is 8.70. The van der Waals surface area contributed by atoms with E-state index < -0.39 is 11.8 Å². The number of nitrogens with one attached hydrogen (secondary N) is 1. The van der Waals surface area contributed by atoms with Crippen LogP contribution in [0.15, 0.2) is 79.4 Å². The van der Waals surface area contributed by atoms with E-state index in [2.05, 4.69) is 11.9 Å². The van der Waals surface area contributed by atoms with Crippen LogP contribution in [0.5, 0.6) is 0 Å². The number of carbonyl (C=O) groups excluding carboxylic acids is 2. The predicted molar refractivity (Wildman–Crippen MR) is 127 cm³/mol. The molecule has 0 aliphatic rings. The summed E-state index contributed by atoms with van der Waals surface area (Å²) in [5.74, 6) is -0.741. The third kappa shape index (κ3) is 6.52. The van der Waals surface area contributed by atoms with Gasteiger partial charge in [-0.15, -0.1) is 17.9 Å². The fourth-order valence-electron chi connectivity index (χ4n) is 3.19. The summed E-state index contributed by atoms with van der Waals surface area (Å²) in [5, 5.41) is 2.54. The first-order valence-corrected chi connectivity index (χ1v) is 11.1. The summed E-state index contributed by atoms with van der Waals surface area (Å²) in [6, 6.07) is 19.1. The average molecular weight is 452 g/mol. The molecule has 0 saturated carbocycles. The number of hydrogen-bond donors (Lipinski definition) is 1. The van der Waals surface area contributed by atoms with Gasteiger partial charge < -0.3 is 15.1 Å². The summed E-state index contributed by atoms with van der Waals surface area (Å²) in [6.07, 6.45) is 1.54. The third-order valence-electron chi connectivity index (χ3n) is 4.79. The van der Waals surface area contributed by atoms with Crippen molar-refractivity contribution in [1.82, 2.24) is 9.80 Å². The lowest BCUT2D eigenvalue weighted by Gasteiger charge is -2.27. The number of benzene rings is 2. The molecule has 0 spiro atoms. The highest BCUT2D eigenvalue weighted by Crippen LogP contribution is 2.19. The Bertz CT molecular complexity index is 1070. The van der Waals surface area contributed by atoms with Gasteiger partial charge in [-0.25, -0.2) is 9.18 Å². The Labute approximate surface area is 191 Å².